The van der Waals surface area contributed by atoms with E-state index in [1.54, 1.807) is 6.07 Å². The van der Waals surface area contributed by atoms with Gasteiger partial charge in [-0.2, -0.15) is 0 Å². The van der Waals surface area contributed by atoms with Gasteiger partial charge in [0.05, 0.1) is 0 Å². The van der Waals surface area contributed by atoms with E-state index in [9.17, 15) is 4.79 Å². The van der Waals surface area contributed by atoms with Crippen LogP contribution in [0.15, 0.2) is 12.4 Å². The van der Waals surface area contributed by atoms with Crippen molar-refractivity contribution in [1.82, 2.24) is 20.2 Å². The van der Waals surface area contributed by atoms with Crippen LogP contribution in [0.4, 0.5) is 5.82 Å². The third-order valence-electron chi connectivity index (χ3n) is 3.92. The van der Waals surface area contributed by atoms with Gasteiger partial charge < -0.3 is 15.5 Å². The van der Waals surface area contributed by atoms with E-state index >= 15 is 0 Å². The van der Waals surface area contributed by atoms with Crippen molar-refractivity contribution in [2.45, 2.75) is 44.6 Å². The van der Waals surface area contributed by atoms with Gasteiger partial charge in [-0.15, -0.1) is 0 Å². The van der Waals surface area contributed by atoms with Gasteiger partial charge in [0.1, 0.15) is 17.8 Å². The molecule has 2 rings (SSSR count). The topological polar surface area (TPSA) is 70.2 Å². The van der Waals surface area contributed by atoms with Crippen molar-refractivity contribution >= 4 is 11.7 Å². The molecule has 1 heterocycles. The van der Waals surface area contributed by atoms with E-state index in [-0.39, 0.29) is 5.91 Å². The van der Waals surface area contributed by atoms with E-state index in [0.29, 0.717) is 18.3 Å². The lowest BCUT2D eigenvalue weighted by molar-refractivity contribution is 0.0947. The first-order chi connectivity index (χ1) is 10.6. The molecule has 0 bridgehead atoms. The monoisotopic (exact) mass is 305 g/mol. The molecule has 6 nitrogen and oxygen atoms in total. The van der Waals surface area contributed by atoms with Crippen LogP contribution in [0.25, 0.3) is 0 Å². The molecule has 6 heteroatoms. The van der Waals surface area contributed by atoms with Gasteiger partial charge in [-0.25, -0.2) is 9.97 Å². The number of hydrogen-bond donors (Lipinski definition) is 2. The van der Waals surface area contributed by atoms with Gasteiger partial charge in [-0.05, 0) is 39.9 Å². The highest BCUT2D eigenvalue weighted by atomic mass is 16.1. The molecule has 1 aliphatic carbocycles. The van der Waals surface area contributed by atoms with Crippen molar-refractivity contribution in [3.63, 3.8) is 0 Å². The summed E-state index contributed by atoms with van der Waals surface area (Å²) in [6.45, 7) is 1.62. The Morgan fingerprint density at radius 2 is 2.05 bits per heavy atom. The molecule has 0 radical (unpaired) electrons. The van der Waals surface area contributed by atoms with Crippen LogP contribution in [0, 0.1) is 0 Å². The highest BCUT2D eigenvalue weighted by Crippen LogP contribution is 2.20. The summed E-state index contributed by atoms with van der Waals surface area (Å²) in [6, 6.07) is 2.22. The molecule has 0 unspecified atom stereocenters. The molecule has 0 atom stereocenters. The molecule has 1 aromatic rings. The number of carbonyl (C=O) groups excluding carboxylic acids is 1. The Morgan fingerprint density at radius 3 is 2.77 bits per heavy atom. The maximum Gasteiger partial charge on any atom is 0.270 e. The lowest BCUT2D eigenvalue weighted by Gasteiger charge is -2.23. The maximum absolute atomic E-state index is 12.1. The Bertz CT molecular complexity index is 471. The second-order valence-electron chi connectivity index (χ2n) is 6.18. The van der Waals surface area contributed by atoms with Crippen LogP contribution in [-0.4, -0.2) is 54.0 Å². The molecule has 1 fully saturated rings. The first kappa shape index (κ1) is 16.7. The van der Waals surface area contributed by atoms with Crippen LogP contribution in [0.2, 0.25) is 0 Å². The quantitative estimate of drug-likeness (QED) is 0.753. The van der Waals surface area contributed by atoms with E-state index in [1.165, 1.54) is 38.4 Å². The van der Waals surface area contributed by atoms with Gasteiger partial charge in [0.2, 0.25) is 0 Å². The Hall–Kier alpha value is -1.69. The third-order valence-corrected chi connectivity index (χ3v) is 3.92. The predicted octanol–water partition coefficient (Wildman–Crippen LogP) is 1.90. The number of nitrogens with zero attached hydrogens (tertiary/aromatic N) is 3. The molecule has 1 amide bonds. The summed E-state index contributed by atoms with van der Waals surface area (Å²) in [4.78, 5) is 22.5. The molecule has 2 N–H and O–H groups in total. The molecular formula is C16H27N5O. The summed E-state index contributed by atoms with van der Waals surface area (Å²) in [6.07, 6.45) is 8.59. The lowest BCUT2D eigenvalue weighted by atomic mass is 9.95. The normalized spacial score (nSPS) is 15.8. The smallest absolute Gasteiger partial charge is 0.270 e. The molecule has 0 aliphatic heterocycles. The summed E-state index contributed by atoms with van der Waals surface area (Å²) >= 11 is 0. The lowest BCUT2D eigenvalue weighted by Crippen LogP contribution is -2.28. The number of amides is 1. The fourth-order valence-corrected chi connectivity index (χ4v) is 2.70. The minimum atomic E-state index is -0.132. The molecule has 1 aliphatic rings. The molecule has 1 aromatic heterocycles. The van der Waals surface area contributed by atoms with E-state index < -0.39 is 0 Å². The molecular weight excluding hydrogens is 278 g/mol. The van der Waals surface area contributed by atoms with Crippen molar-refractivity contribution < 1.29 is 4.79 Å². The van der Waals surface area contributed by atoms with Gasteiger partial charge >= 0.3 is 0 Å². The third kappa shape index (κ3) is 5.60. The van der Waals surface area contributed by atoms with Crippen LogP contribution < -0.4 is 10.6 Å². The van der Waals surface area contributed by atoms with Gasteiger partial charge in [-0.3, -0.25) is 4.79 Å². The number of hydrogen-bond acceptors (Lipinski definition) is 5. The van der Waals surface area contributed by atoms with Gasteiger partial charge in [0, 0.05) is 18.7 Å². The standard InChI is InChI=1S/C16H27N5O/c1-21(2)10-6-9-17-16(22)14-11-15(19-12-18-14)20-13-7-4-3-5-8-13/h11-13H,3-10H2,1-2H3,(H,17,22)(H,18,19,20). The Morgan fingerprint density at radius 1 is 1.27 bits per heavy atom. The van der Waals surface area contributed by atoms with Crippen LogP contribution in [-0.2, 0) is 0 Å². The molecule has 0 saturated heterocycles. The highest BCUT2D eigenvalue weighted by Gasteiger charge is 2.14. The van der Waals surface area contributed by atoms with Crippen LogP contribution >= 0.6 is 0 Å². The van der Waals surface area contributed by atoms with E-state index in [1.807, 2.05) is 14.1 Å². The van der Waals surface area contributed by atoms with Crippen molar-refractivity contribution in [3.05, 3.63) is 18.1 Å². The van der Waals surface area contributed by atoms with Gasteiger partial charge in [0.15, 0.2) is 0 Å². The first-order valence-corrected chi connectivity index (χ1v) is 8.16. The summed E-state index contributed by atoms with van der Waals surface area (Å²) in [5, 5.41) is 6.32. The van der Waals surface area contributed by atoms with Gasteiger partial charge in [-0.1, -0.05) is 19.3 Å². The zero-order chi connectivity index (χ0) is 15.8. The van der Waals surface area contributed by atoms with Crippen molar-refractivity contribution in [1.29, 1.82) is 0 Å². The SMILES string of the molecule is CN(C)CCCNC(=O)c1cc(NC2CCCCC2)ncn1. The zero-order valence-corrected chi connectivity index (χ0v) is 13.6. The zero-order valence-electron chi connectivity index (χ0n) is 13.6. The Balaban J connectivity index is 1.83. The summed E-state index contributed by atoms with van der Waals surface area (Å²) in [5.41, 5.74) is 0.429. The fraction of sp³-hybridized carbons (Fsp3) is 0.688. The Labute approximate surface area is 132 Å². The largest absolute Gasteiger partial charge is 0.367 e. The summed E-state index contributed by atoms with van der Waals surface area (Å²) in [7, 11) is 4.05. The molecule has 0 aromatic carbocycles. The molecule has 122 valence electrons. The fourth-order valence-electron chi connectivity index (χ4n) is 2.70. The number of nitrogens with one attached hydrogen (secondary N) is 2. The van der Waals surface area contributed by atoms with Crippen LogP contribution in [0.1, 0.15) is 49.0 Å². The second-order valence-corrected chi connectivity index (χ2v) is 6.18. The van der Waals surface area contributed by atoms with E-state index in [2.05, 4.69) is 25.5 Å². The summed E-state index contributed by atoms with van der Waals surface area (Å²) in [5.74, 6) is 0.619. The van der Waals surface area contributed by atoms with E-state index in [0.717, 1.165) is 18.8 Å². The Kier molecular flexibility index (Phi) is 6.58. The average Bonchev–Trinajstić information content (AvgIpc) is 2.52. The number of aromatic nitrogens is 2. The van der Waals surface area contributed by atoms with Crippen LogP contribution in [0.3, 0.4) is 0 Å². The van der Waals surface area contributed by atoms with Crippen molar-refractivity contribution in [2.24, 2.45) is 0 Å². The minimum Gasteiger partial charge on any atom is -0.367 e. The maximum atomic E-state index is 12.1. The predicted molar refractivity (Wildman–Crippen MR) is 88.0 cm³/mol. The molecule has 22 heavy (non-hydrogen) atoms. The number of carbonyl (C=O) groups is 1. The molecule has 1 saturated carbocycles. The average molecular weight is 305 g/mol. The van der Waals surface area contributed by atoms with Crippen LogP contribution in [0.5, 0.6) is 0 Å². The number of anilines is 1. The minimum absolute atomic E-state index is 0.132. The molecule has 0 spiro atoms. The second kappa shape index (κ2) is 8.68. The first-order valence-electron chi connectivity index (χ1n) is 8.16. The highest BCUT2D eigenvalue weighted by molar-refractivity contribution is 5.92. The van der Waals surface area contributed by atoms with E-state index in [4.69, 9.17) is 0 Å². The number of rotatable bonds is 7. The van der Waals surface area contributed by atoms with Gasteiger partial charge in [0.25, 0.3) is 5.91 Å². The van der Waals surface area contributed by atoms with Crippen molar-refractivity contribution in [2.75, 3.05) is 32.5 Å². The summed E-state index contributed by atoms with van der Waals surface area (Å²) < 4.78 is 0. The van der Waals surface area contributed by atoms with Crippen molar-refractivity contribution in [3.8, 4) is 0 Å².